The summed E-state index contributed by atoms with van der Waals surface area (Å²) in [6, 6.07) is 14.1. The molecule has 4 aromatic rings. The van der Waals surface area contributed by atoms with Crippen LogP contribution < -0.4 is 10.3 Å². The van der Waals surface area contributed by atoms with E-state index in [-0.39, 0.29) is 17.1 Å². The highest BCUT2D eigenvalue weighted by Crippen LogP contribution is 2.31. The second kappa shape index (κ2) is 10.9. The fraction of sp³-hybridized carbons (Fsp3) is 0.467. The molecule has 1 fully saturated rings. The Morgan fingerprint density at radius 2 is 1.79 bits per heavy atom. The first kappa shape index (κ1) is 27.0. The standard InChI is InChI=1S/C30H39N7O2/c1-7-30(4,5)37-28(32-33-34-37)27(25-18-23-15-20(2)21(3)16-26(23)31-29(25)38)36-13-11-35(12-14-36)19-22-9-8-10-24(17-22)39-6/h8-10,15-18,27H,7,11-14,19H2,1-6H3,(H,31,38). The molecule has 1 aliphatic heterocycles. The number of piperazine rings is 1. The van der Waals surface area contributed by atoms with Gasteiger partial charge in [-0.1, -0.05) is 19.1 Å². The minimum atomic E-state index is -0.362. The molecule has 2 aromatic heterocycles. The van der Waals surface area contributed by atoms with Crippen molar-refractivity contribution in [3.63, 3.8) is 0 Å². The summed E-state index contributed by atoms with van der Waals surface area (Å²) in [5.74, 6) is 1.58. The van der Waals surface area contributed by atoms with Crippen LogP contribution in [0.4, 0.5) is 0 Å². The Balaban J connectivity index is 1.50. The molecule has 0 amide bonds. The van der Waals surface area contributed by atoms with Gasteiger partial charge in [0.15, 0.2) is 5.82 Å². The number of pyridine rings is 1. The van der Waals surface area contributed by atoms with Crippen molar-refractivity contribution in [1.29, 1.82) is 0 Å². The van der Waals surface area contributed by atoms with Gasteiger partial charge in [0, 0.05) is 43.8 Å². The maximum Gasteiger partial charge on any atom is 0.253 e. The van der Waals surface area contributed by atoms with Crippen molar-refractivity contribution in [2.75, 3.05) is 33.3 Å². The van der Waals surface area contributed by atoms with Gasteiger partial charge >= 0.3 is 0 Å². The van der Waals surface area contributed by atoms with Crippen LogP contribution in [0.1, 0.15) is 61.3 Å². The number of rotatable bonds is 8. The number of hydrogen-bond donors (Lipinski definition) is 1. The lowest BCUT2D eigenvalue weighted by molar-refractivity contribution is 0.0968. The van der Waals surface area contributed by atoms with Crippen LogP contribution in [0.5, 0.6) is 5.75 Å². The maximum atomic E-state index is 13.6. The minimum absolute atomic E-state index is 0.0987. The average Bonchev–Trinajstić information content (AvgIpc) is 3.42. The highest BCUT2D eigenvalue weighted by Gasteiger charge is 2.35. The van der Waals surface area contributed by atoms with Crippen LogP contribution in [0.25, 0.3) is 10.9 Å². The Bertz CT molecular complexity index is 1520. The lowest BCUT2D eigenvalue weighted by Crippen LogP contribution is -2.49. The Labute approximate surface area is 229 Å². The highest BCUT2D eigenvalue weighted by molar-refractivity contribution is 5.81. The first-order chi connectivity index (χ1) is 18.7. The molecule has 0 bridgehead atoms. The third-order valence-corrected chi connectivity index (χ3v) is 8.27. The van der Waals surface area contributed by atoms with Crippen molar-refractivity contribution >= 4 is 10.9 Å². The quantitative estimate of drug-likeness (QED) is 0.366. The molecule has 5 rings (SSSR count). The zero-order valence-corrected chi connectivity index (χ0v) is 23.9. The number of fused-ring (bicyclic) bond motifs is 1. The van der Waals surface area contributed by atoms with Crippen molar-refractivity contribution in [2.45, 2.75) is 59.2 Å². The van der Waals surface area contributed by atoms with E-state index in [2.05, 4.69) is 83.1 Å². The molecule has 39 heavy (non-hydrogen) atoms. The molecule has 9 nitrogen and oxygen atoms in total. The summed E-state index contributed by atoms with van der Waals surface area (Å²) in [6.07, 6.45) is 0.860. The number of ether oxygens (including phenoxy) is 1. The largest absolute Gasteiger partial charge is 0.497 e. The van der Waals surface area contributed by atoms with Gasteiger partial charge in [-0.15, -0.1) is 5.10 Å². The molecule has 0 radical (unpaired) electrons. The van der Waals surface area contributed by atoms with E-state index in [9.17, 15) is 4.79 Å². The number of methoxy groups -OCH3 is 1. The number of aromatic nitrogens is 5. The summed E-state index contributed by atoms with van der Waals surface area (Å²) in [6.45, 7) is 14.7. The Kier molecular flexibility index (Phi) is 7.55. The SMILES string of the molecule is CCC(C)(C)n1nnnc1C(c1cc2cc(C)c(C)cc2[nH]c1=O)N1CCN(Cc2cccc(OC)c2)CC1. The van der Waals surface area contributed by atoms with Gasteiger partial charge in [0.1, 0.15) is 11.8 Å². The first-order valence-corrected chi connectivity index (χ1v) is 13.7. The molecule has 1 aliphatic rings. The zero-order valence-electron chi connectivity index (χ0n) is 23.9. The van der Waals surface area contributed by atoms with Gasteiger partial charge in [-0.3, -0.25) is 14.6 Å². The van der Waals surface area contributed by atoms with Crippen LogP contribution in [-0.2, 0) is 12.1 Å². The van der Waals surface area contributed by atoms with E-state index in [1.54, 1.807) is 7.11 Å². The molecule has 0 aliphatic carbocycles. The Hall–Kier alpha value is -3.56. The van der Waals surface area contributed by atoms with Gasteiger partial charge in [-0.05, 0) is 97.0 Å². The molecule has 1 unspecified atom stereocenters. The van der Waals surface area contributed by atoms with Crippen molar-refractivity contribution in [3.8, 4) is 5.75 Å². The smallest absolute Gasteiger partial charge is 0.253 e. The van der Waals surface area contributed by atoms with E-state index in [0.717, 1.165) is 61.4 Å². The number of hydrogen-bond acceptors (Lipinski definition) is 7. The van der Waals surface area contributed by atoms with Crippen LogP contribution in [0, 0.1) is 13.8 Å². The number of H-pyrrole nitrogens is 1. The van der Waals surface area contributed by atoms with Crippen molar-refractivity contribution in [1.82, 2.24) is 35.0 Å². The highest BCUT2D eigenvalue weighted by atomic mass is 16.5. The van der Waals surface area contributed by atoms with E-state index in [0.29, 0.717) is 11.4 Å². The first-order valence-electron chi connectivity index (χ1n) is 13.7. The van der Waals surface area contributed by atoms with E-state index >= 15 is 0 Å². The molecule has 9 heteroatoms. The normalized spacial score (nSPS) is 16.1. The van der Waals surface area contributed by atoms with Crippen LogP contribution in [0.2, 0.25) is 0 Å². The fourth-order valence-electron chi connectivity index (χ4n) is 5.35. The summed E-state index contributed by atoms with van der Waals surface area (Å²) in [5, 5.41) is 14.0. The molecule has 1 N–H and O–H groups in total. The summed E-state index contributed by atoms with van der Waals surface area (Å²) in [5.41, 5.74) is 4.71. The molecular formula is C30H39N7O2. The second-order valence-corrected chi connectivity index (χ2v) is 11.3. The molecule has 0 spiro atoms. The monoisotopic (exact) mass is 529 g/mol. The summed E-state index contributed by atoms with van der Waals surface area (Å²) in [4.78, 5) is 21.6. The number of nitrogens with one attached hydrogen (secondary N) is 1. The van der Waals surface area contributed by atoms with E-state index in [1.165, 1.54) is 11.1 Å². The number of aromatic amines is 1. The van der Waals surface area contributed by atoms with Gasteiger partial charge in [-0.25, -0.2) is 4.68 Å². The van der Waals surface area contributed by atoms with E-state index < -0.39 is 0 Å². The van der Waals surface area contributed by atoms with E-state index in [1.807, 2.05) is 28.9 Å². The van der Waals surface area contributed by atoms with Crippen molar-refractivity contribution < 1.29 is 4.74 Å². The predicted octanol–water partition coefficient (Wildman–Crippen LogP) is 4.19. The lowest BCUT2D eigenvalue weighted by Gasteiger charge is -2.39. The van der Waals surface area contributed by atoms with Crippen molar-refractivity contribution in [2.24, 2.45) is 0 Å². The number of nitrogens with zero attached hydrogens (tertiary/aromatic N) is 6. The van der Waals surface area contributed by atoms with Crippen LogP contribution in [0.15, 0.2) is 47.3 Å². The van der Waals surface area contributed by atoms with E-state index in [4.69, 9.17) is 4.74 Å². The molecule has 2 aromatic carbocycles. The van der Waals surface area contributed by atoms with Gasteiger partial charge in [0.2, 0.25) is 0 Å². The molecule has 1 saturated heterocycles. The van der Waals surface area contributed by atoms with Gasteiger partial charge < -0.3 is 9.72 Å². The maximum absolute atomic E-state index is 13.6. The molecule has 206 valence electrons. The predicted molar refractivity (Wildman–Crippen MR) is 153 cm³/mol. The fourth-order valence-corrected chi connectivity index (χ4v) is 5.35. The second-order valence-electron chi connectivity index (χ2n) is 11.3. The van der Waals surface area contributed by atoms with Crippen LogP contribution in [-0.4, -0.2) is 68.3 Å². The van der Waals surface area contributed by atoms with Crippen LogP contribution >= 0.6 is 0 Å². The van der Waals surface area contributed by atoms with Crippen LogP contribution in [0.3, 0.4) is 0 Å². The molecule has 0 saturated carbocycles. The van der Waals surface area contributed by atoms with Gasteiger partial charge in [0.05, 0.1) is 12.6 Å². The molecule has 1 atom stereocenters. The number of aryl methyl sites for hydroxylation is 2. The Morgan fingerprint density at radius 3 is 2.51 bits per heavy atom. The third-order valence-electron chi connectivity index (χ3n) is 8.27. The number of tetrazole rings is 1. The lowest BCUT2D eigenvalue weighted by atomic mass is 9.98. The Morgan fingerprint density at radius 1 is 1.05 bits per heavy atom. The minimum Gasteiger partial charge on any atom is -0.497 e. The number of benzene rings is 2. The summed E-state index contributed by atoms with van der Waals surface area (Å²) < 4.78 is 7.31. The van der Waals surface area contributed by atoms with Crippen molar-refractivity contribution in [3.05, 3.63) is 80.9 Å². The summed E-state index contributed by atoms with van der Waals surface area (Å²) in [7, 11) is 1.70. The molecule has 3 heterocycles. The zero-order chi connectivity index (χ0) is 27.7. The third kappa shape index (κ3) is 5.46. The average molecular weight is 530 g/mol. The summed E-state index contributed by atoms with van der Waals surface area (Å²) >= 11 is 0. The topological polar surface area (TPSA) is 92.2 Å². The molecular weight excluding hydrogens is 490 g/mol. The van der Waals surface area contributed by atoms with Gasteiger partial charge in [0.25, 0.3) is 5.56 Å². The van der Waals surface area contributed by atoms with Gasteiger partial charge in [-0.2, -0.15) is 0 Å².